The van der Waals surface area contributed by atoms with Crippen LogP contribution in [-0.2, 0) is 17.8 Å². The molecule has 8 nitrogen and oxygen atoms in total. The van der Waals surface area contributed by atoms with Crippen LogP contribution in [0.4, 0.5) is 0 Å². The van der Waals surface area contributed by atoms with E-state index in [9.17, 15) is 9.59 Å². The number of hydrogen-bond acceptors (Lipinski definition) is 7. The summed E-state index contributed by atoms with van der Waals surface area (Å²) in [5.41, 5.74) is 2.76. The number of carbonyl (C=O) groups is 2. The minimum atomic E-state index is -0.292. The Bertz CT molecular complexity index is 1510. The van der Waals surface area contributed by atoms with Gasteiger partial charge in [-0.1, -0.05) is 26.0 Å². The number of hydrogen-bond donors (Lipinski definition) is 0. The van der Waals surface area contributed by atoms with E-state index < -0.39 is 0 Å². The monoisotopic (exact) mass is 572 g/mol. The molecule has 0 spiro atoms. The van der Waals surface area contributed by atoms with Gasteiger partial charge in [0.15, 0.2) is 11.5 Å². The first-order valence-electron chi connectivity index (χ1n) is 13.8. The Balaban J connectivity index is 1.22. The smallest absolute Gasteiger partial charge is 0.254 e. The molecule has 4 aromatic rings. The molecule has 41 heavy (non-hydrogen) atoms. The van der Waals surface area contributed by atoms with Crippen LogP contribution in [0.1, 0.15) is 57.9 Å². The highest BCUT2D eigenvalue weighted by Gasteiger charge is 2.34. The number of rotatable bonds is 9. The first kappa shape index (κ1) is 27.0. The van der Waals surface area contributed by atoms with E-state index in [0.717, 1.165) is 17.7 Å². The zero-order valence-electron chi connectivity index (χ0n) is 23.1. The van der Waals surface area contributed by atoms with Crippen molar-refractivity contribution >= 4 is 23.2 Å². The molecule has 0 saturated carbocycles. The van der Waals surface area contributed by atoms with Gasteiger partial charge in [0.2, 0.25) is 12.7 Å². The van der Waals surface area contributed by atoms with Crippen molar-refractivity contribution in [1.29, 1.82) is 0 Å². The SMILES string of the molecule is CC(C)c1ccc(OCC2c3ccsc3CCN2C(=O)CN(Cc2ccco2)C(=O)c2ccc3c(c2)OCO3)cc1. The summed E-state index contributed by atoms with van der Waals surface area (Å²) in [5, 5.41) is 2.06. The molecular formula is C32H32N2O6S. The highest BCUT2D eigenvalue weighted by molar-refractivity contribution is 7.10. The van der Waals surface area contributed by atoms with Crippen LogP contribution in [0.25, 0.3) is 0 Å². The number of benzene rings is 2. The van der Waals surface area contributed by atoms with E-state index in [0.29, 0.717) is 41.9 Å². The molecule has 0 radical (unpaired) electrons. The van der Waals surface area contributed by atoms with E-state index in [4.69, 9.17) is 18.6 Å². The molecule has 0 aliphatic carbocycles. The van der Waals surface area contributed by atoms with Crippen molar-refractivity contribution in [3.05, 3.63) is 99.6 Å². The number of carbonyl (C=O) groups excluding carboxylic acids is 2. The summed E-state index contributed by atoms with van der Waals surface area (Å²) in [6.07, 6.45) is 2.33. The number of thiophene rings is 1. The molecule has 9 heteroatoms. The number of nitrogens with zero attached hydrogens (tertiary/aromatic N) is 2. The molecule has 2 aliphatic rings. The maximum absolute atomic E-state index is 13.9. The molecule has 4 heterocycles. The van der Waals surface area contributed by atoms with Gasteiger partial charge in [-0.3, -0.25) is 9.59 Å². The number of ether oxygens (including phenoxy) is 3. The third-order valence-electron chi connectivity index (χ3n) is 7.53. The summed E-state index contributed by atoms with van der Waals surface area (Å²) in [5.74, 6) is 2.47. The molecule has 1 atom stereocenters. The fourth-order valence-corrected chi connectivity index (χ4v) is 6.18. The lowest BCUT2D eigenvalue weighted by Gasteiger charge is -2.37. The fourth-order valence-electron chi connectivity index (χ4n) is 5.26. The third kappa shape index (κ3) is 5.81. The predicted molar refractivity (Wildman–Crippen MR) is 155 cm³/mol. The maximum Gasteiger partial charge on any atom is 0.254 e. The number of fused-ring (bicyclic) bond motifs is 2. The third-order valence-corrected chi connectivity index (χ3v) is 8.53. The van der Waals surface area contributed by atoms with Crippen molar-refractivity contribution in [3.63, 3.8) is 0 Å². The standard InChI is InChI=1S/C32H32N2O6S/c1-21(2)22-5-8-24(9-6-22)38-19-27-26-12-15-41-30(26)11-13-34(27)31(35)18-33(17-25-4-3-14-37-25)32(36)23-7-10-28-29(16-23)40-20-39-28/h3-10,12,14-16,21,27H,11,13,17-20H2,1-2H3. The van der Waals surface area contributed by atoms with Crippen molar-refractivity contribution in [3.8, 4) is 17.2 Å². The van der Waals surface area contributed by atoms with Gasteiger partial charge in [-0.2, -0.15) is 0 Å². The molecule has 2 aliphatic heterocycles. The Hall–Kier alpha value is -4.24. The van der Waals surface area contributed by atoms with Crippen molar-refractivity contribution in [1.82, 2.24) is 9.80 Å². The van der Waals surface area contributed by atoms with Crippen LogP contribution >= 0.6 is 11.3 Å². The molecule has 0 bridgehead atoms. The van der Waals surface area contributed by atoms with Crippen molar-refractivity contribution in [2.45, 2.75) is 38.8 Å². The Kier molecular flexibility index (Phi) is 7.69. The van der Waals surface area contributed by atoms with Crippen LogP contribution in [0.3, 0.4) is 0 Å². The average molecular weight is 573 g/mol. The second kappa shape index (κ2) is 11.7. The molecule has 1 unspecified atom stereocenters. The zero-order valence-corrected chi connectivity index (χ0v) is 23.9. The van der Waals surface area contributed by atoms with E-state index in [1.54, 1.807) is 47.9 Å². The second-order valence-corrected chi connectivity index (χ2v) is 11.5. The lowest BCUT2D eigenvalue weighted by Crippen LogP contribution is -2.47. The lowest BCUT2D eigenvalue weighted by atomic mass is 10.00. The van der Waals surface area contributed by atoms with Crippen LogP contribution in [0.5, 0.6) is 17.2 Å². The molecule has 0 saturated heterocycles. The minimum Gasteiger partial charge on any atom is -0.491 e. The number of amides is 2. The molecule has 0 N–H and O–H groups in total. The highest BCUT2D eigenvalue weighted by Crippen LogP contribution is 2.35. The summed E-state index contributed by atoms with van der Waals surface area (Å²) < 4.78 is 22.6. The first-order chi connectivity index (χ1) is 20.0. The van der Waals surface area contributed by atoms with E-state index >= 15 is 0 Å². The predicted octanol–water partition coefficient (Wildman–Crippen LogP) is 6.04. The summed E-state index contributed by atoms with van der Waals surface area (Å²) in [6, 6.07) is 18.6. The maximum atomic E-state index is 13.9. The van der Waals surface area contributed by atoms with Gasteiger partial charge in [-0.15, -0.1) is 11.3 Å². The number of furan rings is 1. The largest absolute Gasteiger partial charge is 0.491 e. The van der Waals surface area contributed by atoms with Gasteiger partial charge in [0, 0.05) is 17.0 Å². The highest BCUT2D eigenvalue weighted by atomic mass is 32.1. The van der Waals surface area contributed by atoms with Crippen molar-refractivity contribution in [2.24, 2.45) is 0 Å². The topological polar surface area (TPSA) is 81.5 Å². The summed E-state index contributed by atoms with van der Waals surface area (Å²) in [7, 11) is 0. The summed E-state index contributed by atoms with van der Waals surface area (Å²) >= 11 is 1.71. The molecule has 2 aromatic carbocycles. The van der Waals surface area contributed by atoms with Gasteiger partial charge in [0.05, 0.1) is 18.8 Å². The van der Waals surface area contributed by atoms with E-state index in [2.05, 4.69) is 37.4 Å². The van der Waals surface area contributed by atoms with E-state index in [1.165, 1.54) is 15.3 Å². The van der Waals surface area contributed by atoms with Crippen LogP contribution in [0, 0.1) is 0 Å². The Morgan fingerprint density at radius 2 is 1.90 bits per heavy atom. The van der Waals surface area contributed by atoms with Gasteiger partial charge >= 0.3 is 0 Å². The molecule has 0 fully saturated rings. The molecule has 2 amide bonds. The molecule has 212 valence electrons. The van der Waals surface area contributed by atoms with Crippen molar-refractivity contribution in [2.75, 3.05) is 26.5 Å². The Morgan fingerprint density at radius 1 is 1.07 bits per heavy atom. The van der Waals surface area contributed by atoms with E-state index in [1.807, 2.05) is 17.0 Å². The first-order valence-corrected chi connectivity index (χ1v) is 14.6. The Morgan fingerprint density at radius 3 is 2.68 bits per heavy atom. The van der Waals surface area contributed by atoms with Gasteiger partial charge < -0.3 is 28.4 Å². The van der Waals surface area contributed by atoms with Gasteiger partial charge in [-0.05, 0) is 77.4 Å². The van der Waals surface area contributed by atoms with Gasteiger partial charge in [-0.25, -0.2) is 0 Å². The molecule has 2 aromatic heterocycles. The van der Waals surface area contributed by atoms with Crippen LogP contribution in [-0.4, -0.2) is 48.1 Å². The lowest BCUT2D eigenvalue weighted by molar-refractivity contribution is -0.135. The van der Waals surface area contributed by atoms with Gasteiger partial charge in [0.1, 0.15) is 24.7 Å². The van der Waals surface area contributed by atoms with Crippen LogP contribution in [0.2, 0.25) is 0 Å². The fraction of sp³-hybridized carbons (Fsp3) is 0.312. The van der Waals surface area contributed by atoms with Crippen LogP contribution < -0.4 is 14.2 Å². The second-order valence-electron chi connectivity index (χ2n) is 10.5. The zero-order chi connectivity index (χ0) is 28.3. The van der Waals surface area contributed by atoms with Crippen molar-refractivity contribution < 1.29 is 28.2 Å². The molecule has 6 rings (SSSR count). The molecular weight excluding hydrogens is 540 g/mol. The quantitative estimate of drug-likeness (QED) is 0.243. The average Bonchev–Trinajstić information content (AvgIpc) is 3.77. The van der Waals surface area contributed by atoms with Crippen LogP contribution in [0.15, 0.2) is 76.7 Å². The minimum absolute atomic E-state index is 0.104. The van der Waals surface area contributed by atoms with Gasteiger partial charge in [0.25, 0.3) is 5.91 Å². The summed E-state index contributed by atoms with van der Waals surface area (Å²) in [6.45, 7) is 5.37. The normalized spacial score (nSPS) is 15.6. The van der Waals surface area contributed by atoms with E-state index in [-0.39, 0.29) is 37.7 Å². The summed E-state index contributed by atoms with van der Waals surface area (Å²) in [4.78, 5) is 32.3. The Labute approximate surface area is 243 Å².